The molecule has 1 aromatic rings. The van der Waals surface area contributed by atoms with Crippen molar-refractivity contribution >= 4 is 9.84 Å². The maximum absolute atomic E-state index is 12.4. The molecule has 0 N–H and O–H groups in total. The van der Waals surface area contributed by atoms with E-state index in [-0.39, 0.29) is 11.5 Å². The van der Waals surface area contributed by atoms with Crippen molar-refractivity contribution in [3.63, 3.8) is 0 Å². The molecule has 0 radical (unpaired) electrons. The predicted molar refractivity (Wildman–Crippen MR) is 96.6 cm³/mol. The molecule has 0 saturated carbocycles. The van der Waals surface area contributed by atoms with Gasteiger partial charge in [-0.05, 0) is 49.6 Å². The Labute approximate surface area is 146 Å². The van der Waals surface area contributed by atoms with Crippen molar-refractivity contribution < 1.29 is 13.2 Å². The summed E-state index contributed by atoms with van der Waals surface area (Å²) in [6.45, 7) is 4.60. The van der Waals surface area contributed by atoms with Crippen LogP contribution in [-0.4, -0.2) is 51.9 Å². The van der Waals surface area contributed by atoms with E-state index in [1.807, 2.05) is 30.3 Å². The number of rotatable bonds is 7. The van der Waals surface area contributed by atoms with Crippen LogP contribution in [-0.2, 0) is 20.3 Å². The van der Waals surface area contributed by atoms with Gasteiger partial charge < -0.3 is 9.64 Å². The Balaban J connectivity index is 1.45. The lowest BCUT2D eigenvalue weighted by molar-refractivity contribution is 0.147. The first-order valence-corrected chi connectivity index (χ1v) is 11.0. The number of benzene rings is 1. The second-order valence-corrected chi connectivity index (χ2v) is 9.54. The third-order valence-electron chi connectivity index (χ3n) is 5.24. The molecule has 2 fully saturated rings. The first-order chi connectivity index (χ1) is 11.6. The van der Waals surface area contributed by atoms with Gasteiger partial charge in [0.25, 0.3) is 0 Å². The summed E-state index contributed by atoms with van der Waals surface area (Å²) in [6.07, 6.45) is 4.91. The van der Waals surface area contributed by atoms with Gasteiger partial charge in [-0.25, -0.2) is 8.42 Å². The van der Waals surface area contributed by atoms with Crippen molar-refractivity contribution in [1.29, 1.82) is 0 Å². The molecule has 2 saturated heterocycles. The van der Waals surface area contributed by atoms with E-state index < -0.39 is 9.84 Å². The highest BCUT2D eigenvalue weighted by molar-refractivity contribution is 7.90. The van der Waals surface area contributed by atoms with Crippen molar-refractivity contribution in [2.75, 3.05) is 38.6 Å². The lowest BCUT2D eigenvalue weighted by atomic mass is 9.88. The number of likely N-dealkylation sites (tertiary alicyclic amines) is 1. The summed E-state index contributed by atoms with van der Waals surface area (Å²) in [6, 6.07) is 9.48. The summed E-state index contributed by atoms with van der Waals surface area (Å²) in [5.41, 5.74) is 0.884. The van der Waals surface area contributed by atoms with Crippen LogP contribution in [0.4, 0.5) is 0 Å². The highest BCUT2D eigenvalue weighted by atomic mass is 32.2. The molecular weight excluding hydrogens is 322 g/mol. The smallest absolute Gasteiger partial charge is 0.155 e. The topological polar surface area (TPSA) is 46.6 Å². The van der Waals surface area contributed by atoms with Crippen LogP contribution in [0.3, 0.4) is 0 Å². The normalized spacial score (nSPS) is 25.8. The molecule has 24 heavy (non-hydrogen) atoms. The number of hydrogen-bond acceptors (Lipinski definition) is 4. The molecule has 2 aliphatic rings. The fraction of sp³-hybridized carbons (Fsp3) is 0.684. The minimum Gasteiger partial charge on any atom is -0.381 e. The van der Waals surface area contributed by atoms with Gasteiger partial charge in [0.05, 0.1) is 11.5 Å². The second kappa shape index (κ2) is 8.45. The van der Waals surface area contributed by atoms with E-state index >= 15 is 0 Å². The number of piperidine rings is 1. The van der Waals surface area contributed by atoms with E-state index in [1.54, 1.807) is 0 Å². The van der Waals surface area contributed by atoms with Crippen LogP contribution in [0.1, 0.15) is 31.2 Å². The van der Waals surface area contributed by atoms with Crippen molar-refractivity contribution in [3.05, 3.63) is 35.9 Å². The minimum absolute atomic E-state index is 0.157. The Kier molecular flexibility index (Phi) is 6.31. The molecule has 3 rings (SSSR count). The summed E-state index contributed by atoms with van der Waals surface area (Å²) in [5.74, 6) is 1.85. The molecule has 2 atom stereocenters. The third-order valence-corrected chi connectivity index (χ3v) is 6.82. The van der Waals surface area contributed by atoms with Crippen LogP contribution in [0.25, 0.3) is 0 Å². The average Bonchev–Trinajstić information content (AvgIpc) is 3.07. The zero-order valence-electron chi connectivity index (χ0n) is 14.4. The summed E-state index contributed by atoms with van der Waals surface area (Å²) in [5, 5.41) is 0. The molecule has 0 bridgehead atoms. The van der Waals surface area contributed by atoms with E-state index in [1.165, 1.54) is 25.7 Å². The standard InChI is InChI=1S/C19H29NO3S/c21-24(22,16-17-5-2-1-3-6-17)12-10-20-9-4-7-18(14-20)13-19-8-11-23-15-19/h1-3,5-6,18-19H,4,7-16H2. The SMILES string of the molecule is O=S(=O)(CCN1CCCC(CC2CCOC2)C1)Cc1ccccc1. The van der Waals surface area contributed by atoms with Crippen LogP contribution in [0, 0.1) is 11.8 Å². The Bertz CT molecular complexity index is 596. The van der Waals surface area contributed by atoms with Gasteiger partial charge in [-0.3, -0.25) is 0 Å². The lowest BCUT2D eigenvalue weighted by Gasteiger charge is -2.33. The van der Waals surface area contributed by atoms with E-state index in [2.05, 4.69) is 4.90 Å². The molecule has 2 aliphatic heterocycles. The molecule has 2 unspecified atom stereocenters. The highest BCUT2D eigenvalue weighted by Crippen LogP contribution is 2.27. The summed E-state index contributed by atoms with van der Waals surface area (Å²) in [7, 11) is -3.04. The van der Waals surface area contributed by atoms with Crippen LogP contribution in [0.15, 0.2) is 30.3 Å². The number of sulfone groups is 1. The molecule has 0 spiro atoms. The quantitative estimate of drug-likeness (QED) is 0.758. The van der Waals surface area contributed by atoms with Crippen LogP contribution < -0.4 is 0 Å². The largest absolute Gasteiger partial charge is 0.381 e. The van der Waals surface area contributed by atoms with Crippen LogP contribution >= 0.6 is 0 Å². The number of ether oxygens (including phenoxy) is 1. The maximum atomic E-state index is 12.4. The van der Waals surface area contributed by atoms with Crippen LogP contribution in [0.5, 0.6) is 0 Å². The molecule has 2 heterocycles. The Morgan fingerprint density at radius 3 is 2.71 bits per heavy atom. The van der Waals surface area contributed by atoms with Gasteiger partial charge in [-0.1, -0.05) is 30.3 Å². The Hall–Kier alpha value is -0.910. The lowest BCUT2D eigenvalue weighted by Crippen LogP contribution is -2.39. The molecule has 5 heteroatoms. The molecule has 0 aliphatic carbocycles. The number of hydrogen-bond donors (Lipinski definition) is 0. The van der Waals surface area contributed by atoms with Crippen molar-refractivity contribution in [2.45, 2.75) is 31.4 Å². The van der Waals surface area contributed by atoms with Gasteiger partial charge in [0.1, 0.15) is 0 Å². The fourth-order valence-electron chi connectivity index (χ4n) is 3.96. The number of nitrogens with zero attached hydrogens (tertiary/aromatic N) is 1. The molecule has 134 valence electrons. The third kappa shape index (κ3) is 5.57. The van der Waals surface area contributed by atoms with Crippen molar-refractivity contribution in [3.8, 4) is 0 Å². The molecule has 0 amide bonds. The van der Waals surface area contributed by atoms with E-state index in [4.69, 9.17) is 4.74 Å². The maximum Gasteiger partial charge on any atom is 0.155 e. The minimum atomic E-state index is -3.04. The molecule has 4 nitrogen and oxygen atoms in total. The second-order valence-electron chi connectivity index (χ2n) is 7.35. The first-order valence-electron chi connectivity index (χ1n) is 9.15. The summed E-state index contributed by atoms with van der Waals surface area (Å²) < 4.78 is 30.2. The zero-order chi connectivity index (χ0) is 16.8. The Morgan fingerprint density at radius 1 is 1.12 bits per heavy atom. The van der Waals surface area contributed by atoms with Gasteiger partial charge in [0.2, 0.25) is 0 Å². The summed E-state index contributed by atoms with van der Waals surface area (Å²) >= 11 is 0. The fourth-order valence-corrected chi connectivity index (χ4v) is 5.34. The first kappa shape index (κ1) is 17.9. The van der Waals surface area contributed by atoms with Gasteiger partial charge in [-0.15, -0.1) is 0 Å². The van der Waals surface area contributed by atoms with Gasteiger partial charge >= 0.3 is 0 Å². The zero-order valence-corrected chi connectivity index (χ0v) is 15.2. The van der Waals surface area contributed by atoms with Crippen molar-refractivity contribution in [1.82, 2.24) is 4.90 Å². The Morgan fingerprint density at radius 2 is 1.96 bits per heavy atom. The molecule has 1 aromatic carbocycles. The van der Waals surface area contributed by atoms with Gasteiger partial charge in [-0.2, -0.15) is 0 Å². The van der Waals surface area contributed by atoms with Gasteiger partial charge in [0.15, 0.2) is 9.84 Å². The van der Waals surface area contributed by atoms with E-state index in [0.717, 1.165) is 37.8 Å². The highest BCUT2D eigenvalue weighted by Gasteiger charge is 2.26. The monoisotopic (exact) mass is 351 g/mol. The van der Waals surface area contributed by atoms with Gasteiger partial charge in [0, 0.05) is 26.3 Å². The molecular formula is C19H29NO3S. The average molecular weight is 352 g/mol. The van der Waals surface area contributed by atoms with E-state index in [0.29, 0.717) is 12.5 Å². The van der Waals surface area contributed by atoms with Crippen LogP contribution in [0.2, 0.25) is 0 Å². The van der Waals surface area contributed by atoms with E-state index in [9.17, 15) is 8.42 Å². The van der Waals surface area contributed by atoms with Crippen molar-refractivity contribution in [2.24, 2.45) is 11.8 Å². The predicted octanol–water partition coefficient (Wildman–Crippen LogP) is 2.74. The molecule has 0 aromatic heterocycles. The summed E-state index contributed by atoms with van der Waals surface area (Å²) in [4.78, 5) is 2.35.